The SMILES string of the molecule is CCOC(=O)c1oc2ccccc2c1NC(=O)CSc1ccc(C)cc1. The van der Waals surface area contributed by atoms with Gasteiger partial charge in [-0.3, -0.25) is 4.79 Å². The summed E-state index contributed by atoms with van der Waals surface area (Å²) in [5.41, 5.74) is 2.05. The second-order valence-electron chi connectivity index (χ2n) is 5.67. The first kappa shape index (κ1) is 18.1. The molecule has 134 valence electrons. The van der Waals surface area contributed by atoms with Gasteiger partial charge < -0.3 is 14.5 Å². The van der Waals surface area contributed by atoms with Crippen molar-refractivity contribution in [2.24, 2.45) is 0 Å². The van der Waals surface area contributed by atoms with Crippen molar-refractivity contribution >= 4 is 40.3 Å². The predicted octanol–water partition coefficient (Wildman–Crippen LogP) is 4.65. The Kier molecular flexibility index (Phi) is 5.63. The lowest BCUT2D eigenvalue weighted by Crippen LogP contribution is -2.16. The summed E-state index contributed by atoms with van der Waals surface area (Å²) in [4.78, 5) is 25.6. The van der Waals surface area contributed by atoms with E-state index in [2.05, 4.69) is 5.32 Å². The molecule has 2 aromatic carbocycles. The van der Waals surface area contributed by atoms with Crippen LogP contribution in [0, 0.1) is 6.92 Å². The normalized spacial score (nSPS) is 10.7. The Labute approximate surface area is 155 Å². The second-order valence-corrected chi connectivity index (χ2v) is 6.72. The Bertz CT molecular complexity index is 931. The van der Waals surface area contributed by atoms with E-state index in [0.29, 0.717) is 16.7 Å². The average Bonchev–Trinajstić information content (AvgIpc) is 3.00. The van der Waals surface area contributed by atoms with Gasteiger partial charge in [-0.25, -0.2) is 4.79 Å². The maximum absolute atomic E-state index is 12.4. The standard InChI is InChI=1S/C20H19NO4S/c1-3-24-20(23)19-18(15-6-4-5-7-16(15)25-19)21-17(22)12-26-14-10-8-13(2)9-11-14/h4-11H,3,12H2,1-2H3,(H,21,22). The quantitative estimate of drug-likeness (QED) is 0.506. The number of rotatable bonds is 6. The van der Waals surface area contributed by atoms with Gasteiger partial charge in [0.2, 0.25) is 11.7 Å². The topological polar surface area (TPSA) is 68.5 Å². The third-order valence-corrected chi connectivity index (χ3v) is 4.72. The maximum atomic E-state index is 12.4. The summed E-state index contributed by atoms with van der Waals surface area (Å²) in [6.45, 7) is 3.96. The molecule has 0 bridgehead atoms. The highest BCUT2D eigenvalue weighted by molar-refractivity contribution is 8.00. The van der Waals surface area contributed by atoms with Crippen molar-refractivity contribution in [2.75, 3.05) is 17.7 Å². The predicted molar refractivity (Wildman–Crippen MR) is 103 cm³/mol. The summed E-state index contributed by atoms with van der Waals surface area (Å²) in [7, 11) is 0. The number of thioether (sulfide) groups is 1. The number of para-hydroxylation sites is 1. The highest BCUT2D eigenvalue weighted by atomic mass is 32.2. The van der Waals surface area contributed by atoms with Gasteiger partial charge in [-0.05, 0) is 38.1 Å². The molecule has 0 radical (unpaired) electrons. The van der Waals surface area contributed by atoms with Crippen LogP contribution in [0.2, 0.25) is 0 Å². The summed E-state index contributed by atoms with van der Waals surface area (Å²) in [5, 5.41) is 3.47. The smallest absolute Gasteiger partial charge is 0.376 e. The molecule has 1 heterocycles. The molecule has 0 aliphatic rings. The van der Waals surface area contributed by atoms with E-state index in [1.165, 1.54) is 17.3 Å². The molecule has 0 aliphatic heterocycles. The number of carbonyl (C=O) groups excluding carboxylic acids is 2. The third-order valence-electron chi connectivity index (χ3n) is 3.71. The number of carbonyl (C=O) groups is 2. The van der Waals surface area contributed by atoms with Crippen LogP contribution in [0.5, 0.6) is 0 Å². The van der Waals surface area contributed by atoms with E-state index < -0.39 is 5.97 Å². The minimum atomic E-state index is -0.592. The summed E-state index contributed by atoms with van der Waals surface area (Å²) in [6.07, 6.45) is 0. The molecule has 26 heavy (non-hydrogen) atoms. The van der Waals surface area contributed by atoms with Gasteiger partial charge in [0, 0.05) is 10.3 Å². The van der Waals surface area contributed by atoms with Gasteiger partial charge >= 0.3 is 5.97 Å². The number of hydrogen-bond acceptors (Lipinski definition) is 5. The number of furan rings is 1. The molecule has 0 fully saturated rings. The highest BCUT2D eigenvalue weighted by Gasteiger charge is 2.23. The molecule has 0 aliphatic carbocycles. The van der Waals surface area contributed by atoms with Gasteiger partial charge in [0.15, 0.2) is 0 Å². The van der Waals surface area contributed by atoms with Crippen molar-refractivity contribution in [2.45, 2.75) is 18.7 Å². The molecule has 0 saturated heterocycles. The molecule has 0 spiro atoms. The van der Waals surface area contributed by atoms with Crippen LogP contribution in [-0.4, -0.2) is 24.2 Å². The van der Waals surface area contributed by atoms with Crippen LogP contribution in [0.15, 0.2) is 57.8 Å². The second kappa shape index (κ2) is 8.10. The number of fused-ring (bicyclic) bond motifs is 1. The molecule has 6 heteroatoms. The monoisotopic (exact) mass is 369 g/mol. The maximum Gasteiger partial charge on any atom is 0.376 e. The van der Waals surface area contributed by atoms with Crippen LogP contribution in [-0.2, 0) is 9.53 Å². The van der Waals surface area contributed by atoms with Crippen molar-refractivity contribution in [1.82, 2.24) is 0 Å². The number of benzene rings is 2. The molecular weight excluding hydrogens is 350 g/mol. The number of aryl methyl sites for hydroxylation is 1. The first-order valence-corrected chi connectivity index (χ1v) is 9.25. The van der Waals surface area contributed by atoms with E-state index in [1.807, 2.05) is 37.3 Å². The van der Waals surface area contributed by atoms with E-state index in [4.69, 9.17) is 9.15 Å². The minimum absolute atomic E-state index is 0.0155. The first-order chi connectivity index (χ1) is 12.6. The first-order valence-electron chi connectivity index (χ1n) is 8.26. The van der Waals surface area contributed by atoms with Crippen molar-refractivity contribution in [3.63, 3.8) is 0 Å². The van der Waals surface area contributed by atoms with Gasteiger partial charge in [-0.2, -0.15) is 0 Å². The van der Waals surface area contributed by atoms with E-state index in [0.717, 1.165) is 4.90 Å². The number of anilines is 1. The van der Waals surface area contributed by atoms with E-state index in [-0.39, 0.29) is 24.0 Å². The summed E-state index contributed by atoms with van der Waals surface area (Å²) in [6, 6.07) is 15.1. The van der Waals surface area contributed by atoms with Crippen molar-refractivity contribution in [3.8, 4) is 0 Å². The Hall–Kier alpha value is -2.73. The van der Waals surface area contributed by atoms with Gasteiger partial charge in [0.05, 0.1) is 12.4 Å². The fourth-order valence-corrected chi connectivity index (χ4v) is 3.17. The number of hydrogen-bond donors (Lipinski definition) is 1. The molecule has 0 unspecified atom stereocenters. The summed E-state index contributed by atoms with van der Waals surface area (Å²) in [5.74, 6) is -0.565. The fraction of sp³-hybridized carbons (Fsp3) is 0.200. The van der Waals surface area contributed by atoms with Crippen LogP contribution >= 0.6 is 11.8 Å². The third kappa shape index (κ3) is 4.08. The lowest BCUT2D eigenvalue weighted by molar-refractivity contribution is -0.113. The van der Waals surface area contributed by atoms with Crippen LogP contribution in [0.4, 0.5) is 5.69 Å². The van der Waals surface area contributed by atoms with Gasteiger partial charge in [-0.15, -0.1) is 11.8 Å². The number of amides is 1. The largest absolute Gasteiger partial charge is 0.460 e. The molecule has 3 rings (SSSR count). The molecule has 1 N–H and O–H groups in total. The molecule has 0 atom stereocenters. The van der Waals surface area contributed by atoms with Crippen molar-refractivity contribution in [3.05, 3.63) is 59.9 Å². The average molecular weight is 369 g/mol. The molecule has 5 nitrogen and oxygen atoms in total. The molecular formula is C20H19NO4S. The zero-order valence-corrected chi connectivity index (χ0v) is 15.4. The van der Waals surface area contributed by atoms with E-state index in [9.17, 15) is 9.59 Å². The lowest BCUT2D eigenvalue weighted by Gasteiger charge is -2.06. The van der Waals surface area contributed by atoms with Crippen LogP contribution in [0.3, 0.4) is 0 Å². The molecule has 3 aromatic rings. The Balaban J connectivity index is 1.78. The minimum Gasteiger partial charge on any atom is -0.460 e. The highest BCUT2D eigenvalue weighted by Crippen LogP contribution is 2.31. The Morgan fingerprint density at radius 1 is 1.12 bits per heavy atom. The molecule has 0 saturated carbocycles. The number of nitrogens with one attached hydrogen (secondary N) is 1. The van der Waals surface area contributed by atoms with Gasteiger partial charge in [0.1, 0.15) is 11.3 Å². The van der Waals surface area contributed by atoms with Gasteiger partial charge in [0.25, 0.3) is 0 Å². The van der Waals surface area contributed by atoms with Crippen LogP contribution < -0.4 is 5.32 Å². The zero-order chi connectivity index (χ0) is 18.5. The van der Waals surface area contributed by atoms with E-state index >= 15 is 0 Å². The summed E-state index contributed by atoms with van der Waals surface area (Å²) < 4.78 is 10.6. The van der Waals surface area contributed by atoms with Crippen molar-refractivity contribution in [1.29, 1.82) is 0 Å². The van der Waals surface area contributed by atoms with Gasteiger partial charge in [-0.1, -0.05) is 29.8 Å². The zero-order valence-electron chi connectivity index (χ0n) is 14.6. The number of ether oxygens (including phenoxy) is 1. The van der Waals surface area contributed by atoms with Crippen LogP contribution in [0.25, 0.3) is 11.0 Å². The van der Waals surface area contributed by atoms with Crippen molar-refractivity contribution < 1.29 is 18.7 Å². The fourth-order valence-electron chi connectivity index (χ4n) is 2.47. The number of esters is 1. The molecule has 1 aromatic heterocycles. The molecule has 1 amide bonds. The van der Waals surface area contributed by atoms with E-state index in [1.54, 1.807) is 25.1 Å². The Morgan fingerprint density at radius 2 is 1.85 bits per heavy atom. The Morgan fingerprint density at radius 3 is 2.58 bits per heavy atom. The van der Waals surface area contributed by atoms with Crippen LogP contribution in [0.1, 0.15) is 23.0 Å². The lowest BCUT2D eigenvalue weighted by atomic mass is 10.2. The summed E-state index contributed by atoms with van der Waals surface area (Å²) >= 11 is 1.43.